The fourth-order valence-electron chi connectivity index (χ4n) is 3.97. The first-order chi connectivity index (χ1) is 9.56. The molecule has 4 unspecified atom stereocenters. The van der Waals surface area contributed by atoms with Crippen LogP contribution in [-0.2, 0) is 23.2 Å². The van der Waals surface area contributed by atoms with Gasteiger partial charge in [-0.05, 0) is 23.8 Å². The van der Waals surface area contributed by atoms with E-state index in [-0.39, 0.29) is 35.8 Å². The summed E-state index contributed by atoms with van der Waals surface area (Å²) >= 11 is 0. The van der Waals surface area contributed by atoms with Gasteiger partial charge in [0.2, 0.25) is 0 Å². The van der Waals surface area contributed by atoms with Crippen molar-refractivity contribution >= 4 is 20.5 Å². The lowest BCUT2D eigenvalue weighted by Crippen LogP contribution is -2.47. The van der Waals surface area contributed by atoms with Crippen molar-refractivity contribution in [1.82, 2.24) is 0 Å². The highest BCUT2D eigenvalue weighted by Gasteiger charge is 2.63. The SMILES string of the molecule is CO[Si](CO)(CC1C2C=CC1C1C(=O)OC(=O)C21)OC. The van der Waals surface area contributed by atoms with Crippen molar-refractivity contribution in [1.29, 1.82) is 0 Å². The van der Waals surface area contributed by atoms with Gasteiger partial charge in [0.05, 0.1) is 18.1 Å². The molecular formula is C13H18O6Si. The van der Waals surface area contributed by atoms with Crippen molar-refractivity contribution in [2.75, 3.05) is 20.4 Å². The average Bonchev–Trinajstić information content (AvgIpc) is 3.08. The Kier molecular flexibility index (Phi) is 3.32. The Morgan fingerprint density at radius 3 is 2.05 bits per heavy atom. The third kappa shape index (κ3) is 1.74. The first-order valence-electron chi connectivity index (χ1n) is 6.72. The van der Waals surface area contributed by atoms with Crippen molar-refractivity contribution in [2.45, 2.75) is 6.04 Å². The molecule has 3 aliphatic rings. The van der Waals surface area contributed by atoms with Crippen molar-refractivity contribution < 1.29 is 28.3 Å². The fraction of sp³-hybridized carbons (Fsp3) is 0.692. The van der Waals surface area contributed by atoms with E-state index >= 15 is 0 Å². The molecule has 0 radical (unpaired) electrons. The van der Waals surface area contributed by atoms with Crippen LogP contribution in [0.2, 0.25) is 6.04 Å². The van der Waals surface area contributed by atoms with Crippen LogP contribution in [0.3, 0.4) is 0 Å². The number of cyclic esters (lactones) is 2. The molecule has 2 aliphatic carbocycles. The standard InChI is InChI=1S/C13H18O6Si/c1-17-20(6-14,18-2)5-9-7-3-4-8(9)11-10(7)12(15)19-13(11)16/h3-4,7-11,14H,5-6H2,1-2H3. The van der Waals surface area contributed by atoms with E-state index < -0.39 is 20.5 Å². The molecule has 20 heavy (non-hydrogen) atoms. The lowest BCUT2D eigenvalue weighted by Gasteiger charge is -2.30. The zero-order chi connectivity index (χ0) is 14.5. The van der Waals surface area contributed by atoms with Gasteiger partial charge in [0, 0.05) is 14.2 Å². The normalized spacial score (nSPS) is 38.5. The summed E-state index contributed by atoms with van der Waals surface area (Å²) in [5, 5.41) is 9.57. The maximum Gasteiger partial charge on any atom is 0.364 e. The molecule has 1 N–H and O–H groups in total. The number of aliphatic hydroxyl groups is 1. The van der Waals surface area contributed by atoms with Gasteiger partial charge >= 0.3 is 20.5 Å². The Balaban J connectivity index is 1.85. The van der Waals surface area contributed by atoms with Crippen molar-refractivity contribution in [3.63, 3.8) is 0 Å². The number of allylic oxidation sites excluding steroid dienone is 2. The van der Waals surface area contributed by atoms with Crippen LogP contribution in [0.25, 0.3) is 0 Å². The molecule has 110 valence electrons. The van der Waals surface area contributed by atoms with Crippen LogP contribution >= 0.6 is 0 Å². The zero-order valence-corrected chi connectivity index (χ0v) is 12.4. The molecule has 0 spiro atoms. The average molecular weight is 298 g/mol. The Bertz CT molecular complexity index is 433. The summed E-state index contributed by atoms with van der Waals surface area (Å²) in [4.78, 5) is 23.6. The highest BCUT2D eigenvalue weighted by atomic mass is 28.4. The van der Waals surface area contributed by atoms with Gasteiger partial charge in [-0.3, -0.25) is 9.59 Å². The zero-order valence-electron chi connectivity index (χ0n) is 11.4. The van der Waals surface area contributed by atoms with Gasteiger partial charge in [0.1, 0.15) is 0 Å². The molecule has 0 aromatic rings. The largest absolute Gasteiger partial charge is 0.396 e. The molecule has 0 amide bonds. The summed E-state index contributed by atoms with van der Waals surface area (Å²) in [5.74, 6) is -1.44. The maximum absolute atomic E-state index is 11.8. The molecular weight excluding hydrogens is 280 g/mol. The number of esters is 2. The van der Waals surface area contributed by atoms with E-state index in [1.165, 1.54) is 14.2 Å². The highest BCUT2D eigenvalue weighted by molar-refractivity contribution is 6.67. The molecule has 4 atom stereocenters. The van der Waals surface area contributed by atoms with Gasteiger partial charge in [-0.25, -0.2) is 0 Å². The second-order valence-corrected chi connectivity index (χ2v) is 9.04. The Morgan fingerprint density at radius 1 is 1.15 bits per heavy atom. The molecule has 3 rings (SSSR count). The predicted octanol–water partition coefficient (Wildman–Crippen LogP) is 0.000700. The topological polar surface area (TPSA) is 82.1 Å². The van der Waals surface area contributed by atoms with Crippen molar-refractivity contribution in [3.05, 3.63) is 12.2 Å². The molecule has 1 heterocycles. The second-order valence-electron chi connectivity index (χ2n) is 5.68. The van der Waals surface area contributed by atoms with Gasteiger partial charge in [0.25, 0.3) is 0 Å². The van der Waals surface area contributed by atoms with Gasteiger partial charge < -0.3 is 18.7 Å². The van der Waals surface area contributed by atoms with Crippen LogP contribution in [0.1, 0.15) is 0 Å². The van der Waals surface area contributed by atoms with E-state index in [0.29, 0.717) is 6.04 Å². The Morgan fingerprint density at radius 2 is 1.65 bits per heavy atom. The number of ether oxygens (including phenoxy) is 1. The molecule has 0 aromatic heterocycles. The molecule has 0 aromatic carbocycles. The number of fused-ring (bicyclic) bond motifs is 5. The maximum atomic E-state index is 11.8. The minimum atomic E-state index is -2.67. The van der Waals surface area contributed by atoms with Crippen LogP contribution in [0.15, 0.2) is 12.2 Å². The van der Waals surface area contributed by atoms with Crippen molar-refractivity contribution in [2.24, 2.45) is 29.6 Å². The third-order valence-corrected chi connectivity index (χ3v) is 8.10. The van der Waals surface area contributed by atoms with Gasteiger partial charge in [0.15, 0.2) is 0 Å². The summed E-state index contributed by atoms with van der Waals surface area (Å²) < 4.78 is 15.6. The fourth-order valence-corrected chi connectivity index (χ4v) is 6.12. The Labute approximate surface area is 117 Å². The number of hydrogen-bond acceptors (Lipinski definition) is 6. The van der Waals surface area contributed by atoms with Crippen molar-refractivity contribution in [3.8, 4) is 0 Å². The van der Waals surface area contributed by atoms with E-state index in [1.54, 1.807) is 0 Å². The van der Waals surface area contributed by atoms with E-state index in [1.807, 2.05) is 12.2 Å². The van der Waals surface area contributed by atoms with Crippen LogP contribution in [-0.4, -0.2) is 46.1 Å². The second kappa shape index (κ2) is 4.76. The summed E-state index contributed by atoms with van der Waals surface area (Å²) in [6.07, 6.45) is 3.86. The molecule has 7 heteroatoms. The molecule has 2 fully saturated rings. The van der Waals surface area contributed by atoms with Crippen LogP contribution in [0.4, 0.5) is 0 Å². The molecule has 1 saturated heterocycles. The van der Waals surface area contributed by atoms with E-state index in [9.17, 15) is 14.7 Å². The van der Waals surface area contributed by atoms with E-state index in [0.717, 1.165) is 0 Å². The smallest absolute Gasteiger partial charge is 0.364 e. The monoisotopic (exact) mass is 298 g/mol. The number of rotatable bonds is 5. The number of aliphatic hydroxyl groups excluding tert-OH is 1. The molecule has 1 saturated carbocycles. The minimum absolute atomic E-state index is 0.00678. The lowest BCUT2D eigenvalue weighted by atomic mass is 9.85. The molecule has 2 bridgehead atoms. The van der Waals surface area contributed by atoms with E-state index in [4.69, 9.17) is 13.6 Å². The summed E-state index contributed by atoms with van der Waals surface area (Å²) in [5.41, 5.74) is 0. The minimum Gasteiger partial charge on any atom is -0.396 e. The Hall–Kier alpha value is -1.02. The summed E-state index contributed by atoms with van der Waals surface area (Å²) in [6.45, 7) is 0. The quantitative estimate of drug-likeness (QED) is 0.333. The number of hydrogen-bond donors (Lipinski definition) is 1. The van der Waals surface area contributed by atoms with E-state index in [2.05, 4.69) is 0 Å². The predicted molar refractivity (Wildman–Crippen MR) is 69.4 cm³/mol. The molecule has 6 nitrogen and oxygen atoms in total. The number of carbonyl (C=O) groups is 2. The highest BCUT2D eigenvalue weighted by Crippen LogP contribution is 2.57. The van der Waals surface area contributed by atoms with Crippen LogP contribution in [0.5, 0.6) is 0 Å². The van der Waals surface area contributed by atoms with Gasteiger partial charge in [-0.2, -0.15) is 0 Å². The summed E-state index contributed by atoms with van der Waals surface area (Å²) in [7, 11) is 0.411. The first-order valence-corrected chi connectivity index (χ1v) is 8.95. The van der Waals surface area contributed by atoms with Gasteiger partial charge in [-0.15, -0.1) is 0 Å². The van der Waals surface area contributed by atoms with Crippen LogP contribution < -0.4 is 0 Å². The number of carbonyl (C=O) groups excluding carboxylic acids is 2. The first kappa shape index (κ1) is 13.9. The lowest BCUT2D eigenvalue weighted by molar-refractivity contribution is -0.155. The third-order valence-electron chi connectivity index (χ3n) is 5.04. The molecule has 1 aliphatic heterocycles. The van der Waals surface area contributed by atoms with Crippen LogP contribution in [0, 0.1) is 29.6 Å². The summed E-state index contributed by atoms with van der Waals surface area (Å²) in [6, 6.07) is 0.576. The van der Waals surface area contributed by atoms with Gasteiger partial charge in [-0.1, -0.05) is 12.2 Å².